The van der Waals surface area contributed by atoms with Gasteiger partial charge in [-0.1, -0.05) is 18.5 Å². The Labute approximate surface area is 101 Å². The van der Waals surface area contributed by atoms with Gasteiger partial charge < -0.3 is 14.8 Å². The lowest BCUT2D eigenvalue weighted by Crippen LogP contribution is -2.27. The van der Waals surface area contributed by atoms with E-state index >= 15 is 0 Å². The second-order valence-electron chi connectivity index (χ2n) is 4.07. The summed E-state index contributed by atoms with van der Waals surface area (Å²) < 4.78 is 5.25. The van der Waals surface area contributed by atoms with Crippen LogP contribution < -0.4 is 5.32 Å². The molecule has 5 heteroatoms. The Bertz CT molecular complexity index is 435. The van der Waals surface area contributed by atoms with Gasteiger partial charge in [0.2, 0.25) is 11.7 Å². The molecule has 0 spiro atoms. The molecule has 0 aliphatic rings. The predicted octanol–water partition coefficient (Wildman–Crippen LogP) is 2.00. The second kappa shape index (κ2) is 5.63. The third-order valence-electron chi connectivity index (χ3n) is 2.77. The first kappa shape index (κ1) is 11.9. The zero-order valence-corrected chi connectivity index (χ0v) is 10.2. The van der Waals surface area contributed by atoms with E-state index < -0.39 is 0 Å². The number of aromatic nitrogens is 3. The van der Waals surface area contributed by atoms with Gasteiger partial charge in [-0.15, -0.1) is 0 Å². The van der Waals surface area contributed by atoms with E-state index in [4.69, 9.17) is 4.52 Å². The maximum absolute atomic E-state index is 5.25. The smallest absolute Gasteiger partial charge is 0.228 e. The lowest BCUT2D eigenvalue weighted by Gasteiger charge is -2.11. The second-order valence-corrected chi connectivity index (χ2v) is 4.07. The highest BCUT2D eigenvalue weighted by Gasteiger charge is 2.13. The topological polar surface area (TPSA) is 66.7 Å². The number of rotatable bonds is 6. The van der Waals surface area contributed by atoms with Crippen LogP contribution in [0.2, 0.25) is 0 Å². The van der Waals surface area contributed by atoms with Gasteiger partial charge in [-0.05, 0) is 25.6 Å². The average molecular weight is 234 g/mol. The molecule has 0 saturated carbocycles. The summed E-state index contributed by atoms with van der Waals surface area (Å²) in [7, 11) is 1.96. The Kier molecular flexibility index (Phi) is 3.93. The van der Waals surface area contributed by atoms with Crippen molar-refractivity contribution in [1.82, 2.24) is 20.4 Å². The van der Waals surface area contributed by atoms with Crippen molar-refractivity contribution in [3.05, 3.63) is 24.2 Å². The first-order chi connectivity index (χ1) is 8.33. The zero-order chi connectivity index (χ0) is 12.1. The fourth-order valence-corrected chi connectivity index (χ4v) is 1.82. The van der Waals surface area contributed by atoms with Crippen molar-refractivity contribution in [1.29, 1.82) is 0 Å². The van der Waals surface area contributed by atoms with Crippen molar-refractivity contribution in [3.8, 4) is 11.5 Å². The molecule has 0 amide bonds. The van der Waals surface area contributed by atoms with Crippen LogP contribution in [0.5, 0.6) is 0 Å². The minimum Gasteiger partial charge on any atom is -0.359 e. The van der Waals surface area contributed by atoms with Crippen molar-refractivity contribution in [3.63, 3.8) is 0 Å². The summed E-state index contributed by atoms with van der Waals surface area (Å²) in [6.45, 7) is 2.17. The molecule has 1 unspecified atom stereocenters. The van der Waals surface area contributed by atoms with E-state index in [1.807, 2.05) is 25.4 Å². The number of aromatic amines is 1. The van der Waals surface area contributed by atoms with Crippen molar-refractivity contribution >= 4 is 0 Å². The molecule has 0 aliphatic heterocycles. The standard InChI is InChI=1S/C12H18N4O/c1-3-5-9(13-2)8-11-15-12(16-17-11)10-6-4-7-14-10/h4,6-7,9,13-14H,3,5,8H2,1-2H3. The van der Waals surface area contributed by atoms with Crippen molar-refractivity contribution in [2.75, 3.05) is 7.05 Å². The van der Waals surface area contributed by atoms with Gasteiger partial charge in [0.25, 0.3) is 0 Å². The Balaban J connectivity index is 2.03. The summed E-state index contributed by atoms with van der Waals surface area (Å²) in [4.78, 5) is 7.43. The largest absolute Gasteiger partial charge is 0.359 e. The first-order valence-corrected chi connectivity index (χ1v) is 5.97. The number of nitrogens with one attached hydrogen (secondary N) is 2. The van der Waals surface area contributed by atoms with Crippen LogP contribution in [0.4, 0.5) is 0 Å². The van der Waals surface area contributed by atoms with Gasteiger partial charge >= 0.3 is 0 Å². The van der Waals surface area contributed by atoms with Crippen molar-refractivity contribution < 1.29 is 4.52 Å². The molecule has 2 rings (SSSR count). The molecule has 0 radical (unpaired) electrons. The van der Waals surface area contributed by atoms with Crippen LogP contribution in [0, 0.1) is 0 Å². The Morgan fingerprint density at radius 2 is 2.41 bits per heavy atom. The summed E-state index contributed by atoms with van der Waals surface area (Å²) in [5.74, 6) is 1.30. The number of hydrogen-bond donors (Lipinski definition) is 2. The number of nitrogens with zero attached hydrogens (tertiary/aromatic N) is 2. The molecule has 2 aromatic rings. The average Bonchev–Trinajstić information content (AvgIpc) is 2.98. The molecule has 2 heterocycles. The molecule has 0 bridgehead atoms. The molecule has 0 aliphatic carbocycles. The van der Waals surface area contributed by atoms with E-state index in [0.717, 1.165) is 25.0 Å². The number of H-pyrrole nitrogens is 1. The van der Waals surface area contributed by atoms with E-state index in [1.165, 1.54) is 0 Å². The molecule has 0 aromatic carbocycles. The Hall–Kier alpha value is -1.62. The molecule has 0 saturated heterocycles. The quantitative estimate of drug-likeness (QED) is 0.802. The minimum absolute atomic E-state index is 0.400. The fourth-order valence-electron chi connectivity index (χ4n) is 1.82. The Morgan fingerprint density at radius 3 is 3.06 bits per heavy atom. The van der Waals surface area contributed by atoms with Crippen LogP contribution in [0.25, 0.3) is 11.5 Å². The lowest BCUT2D eigenvalue weighted by molar-refractivity contribution is 0.356. The maximum Gasteiger partial charge on any atom is 0.228 e. The molecule has 92 valence electrons. The highest BCUT2D eigenvalue weighted by molar-refractivity contribution is 5.47. The minimum atomic E-state index is 0.400. The van der Waals surface area contributed by atoms with Crippen LogP contribution in [0.15, 0.2) is 22.9 Å². The summed E-state index contributed by atoms with van der Waals surface area (Å²) in [6, 6.07) is 4.24. The predicted molar refractivity (Wildman–Crippen MR) is 65.5 cm³/mol. The number of hydrogen-bond acceptors (Lipinski definition) is 4. The van der Waals surface area contributed by atoms with Gasteiger partial charge in [0, 0.05) is 18.7 Å². The van der Waals surface area contributed by atoms with Gasteiger partial charge in [-0.2, -0.15) is 4.98 Å². The van der Waals surface area contributed by atoms with Crippen LogP contribution in [0.3, 0.4) is 0 Å². The lowest BCUT2D eigenvalue weighted by atomic mass is 10.1. The summed E-state index contributed by atoms with van der Waals surface area (Å²) in [5, 5.41) is 7.22. The van der Waals surface area contributed by atoms with E-state index in [2.05, 4.69) is 27.4 Å². The molecular weight excluding hydrogens is 216 g/mol. The molecular formula is C12H18N4O. The molecule has 17 heavy (non-hydrogen) atoms. The van der Waals surface area contributed by atoms with Gasteiger partial charge in [-0.25, -0.2) is 0 Å². The maximum atomic E-state index is 5.25. The first-order valence-electron chi connectivity index (χ1n) is 5.97. The zero-order valence-electron chi connectivity index (χ0n) is 10.2. The van der Waals surface area contributed by atoms with Crippen molar-refractivity contribution in [2.24, 2.45) is 0 Å². The van der Waals surface area contributed by atoms with Gasteiger partial charge in [-0.3, -0.25) is 0 Å². The molecule has 2 N–H and O–H groups in total. The highest BCUT2D eigenvalue weighted by Crippen LogP contribution is 2.14. The van der Waals surface area contributed by atoms with Gasteiger partial charge in [0.1, 0.15) is 0 Å². The monoisotopic (exact) mass is 234 g/mol. The van der Waals surface area contributed by atoms with Crippen molar-refractivity contribution in [2.45, 2.75) is 32.2 Å². The molecule has 2 aromatic heterocycles. The van der Waals surface area contributed by atoms with E-state index in [0.29, 0.717) is 17.8 Å². The highest BCUT2D eigenvalue weighted by atomic mass is 16.5. The SMILES string of the molecule is CCCC(Cc1nc(-c2ccc[nH]2)no1)NC. The van der Waals surface area contributed by atoms with E-state index in [-0.39, 0.29) is 0 Å². The van der Waals surface area contributed by atoms with Gasteiger partial charge in [0.15, 0.2) is 0 Å². The molecule has 5 nitrogen and oxygen atoms in total. The van der Waals surface area contributed by atoms with E-state index in [1.54, 1.807) is 0 Å². The molecule has 0 fully saturated rings. The number of likely N-dealkylation sites (N-methyl/N-ethyl adjacent to an activating group) is 1. The summed E-state index contributed by atoms with van der Waals surface area (Å²) in [6.07, 6.45) is 4.87. The van der Waals surface area contributed by atoms with E-state index in [9.17, 15) is 0 Å². The Morgan fingerprint density at radius 1 is 1.53 bits per heavy atom. The summed E-state index contributed by atoms with van der Waals surface area (Å²) in [5.41, 5.74) is 0.886. The van der Waals surface area contributed by atoms with Crippen LogP contribution in [-0.2, 0) is 6.42 Å². The summed E-state index contributed by atoms with van der Waals surface area (Å²) >= 11 is 0. The molecule has 1 atom stereocenters. The van der Waals surface area contributed by atoms with Crippen LogP contribution in [-0.4, -0.2) is 28.2 Å². The fraction of sp³-hybridized carbons (Fsp3) is 0.500. The van der Waals surface area contributed by atoms with Gasteiger partial charge in [0.05, 0.1) is 5.69 Å². The third kappa shape index (κ3) is 2.94. The van der Waals surface area contributed by atoms with Crippen LogP contribution >= 0.6 is 0 Å². The van der Waals surface area contributed by atoms with Crippen LogP contribution in [0.1, 0.15) is 25.7 Å². The normalized spacial score (nSPS) is 12.8. The third-order valence-corrected chi connectivity index (χ3v) is 2.77.